The summed E-state index contributed by atoms with van der Waals surface area (Å²) in [4.78, 5) is 13.1. The van der Waals surface area contributed by atoms with E-state index in [2.05, 4.69) is 36.1 Å². The second-order valence-electron chi connectivity index (χ2n) is 4.90. The Kier molecular flexibility index (Phi) is 3.79. The van der Waals surface area contributed by atoms with Crippen molar-refractivity contribution in [3.8, 4) is 0 Å². The van der Waals surface area contributed by atoms with E-state index in [1.165, 1.54) is 17.5 Å². The van der Waals surface area contributed by atoms with Crippen LogP contribution in [0.4, 0.5) is 0 Å². The minimum atomic E-state index is -0.226. The maximum Gasteiger partial charge on any atom is 0.231 e. The molecule has 17 heavy (non-hydrogen) atoms. The first-order valence-electron chi connectivity index (χ1n) is 6.23. The fourth-order valence-corrected chi connectivity index (χ4v) is 2.72. The second-order valence-corrected chi connectivity index (χ2v) is 4.90. The quantitative estimate of drug-likeness (QED) is 0.861. The van der Waals surface area contributed by atoms with Crippen molar-refractivity contribution in [3.05, 3.63) is 35.4 Å². The molecule has 1 aliphatic heterocycles. The number of piperidine rings is 1. The normalized spacial score (nSPS) is 21.4. The number of benzene rings is 1. The maximum absolute atomic E-state index is 11.0. The lowest BCUT2D eigenvalue weighted by Gasteiger charge is -2.32. The van der Waals surface area contributed by atoms with Crippen molar-refractivity contribution < 1.29 is 4.79 Å². The summed E-state index contributed by atoms with van der Waals surface area (Å²) in [6.07, 6.45) is 2.35. The molecule has 3 nitrogen and oxygen atoms in total. The molecule has 0 saturated carbocycles. The number of carbonyl (C=O) groups is 1. The van der Waals surface area contributed by atoms with Gasteiger partial charge in [0.05, 0.1) is 6.54 Å². The van der Waals surface area contributed by atoms with E-state index in [-0.39, 0.29) is 5.91 Å². The summed E-state index contributed by atoms with van der Waals surface area (Å²) in [7, 11) is 0. The highest BCUT2D eigenvalue weighted by Crippen LogP contribution is 2.28. The van der Waals surface area contributed by atoms with Crippen LogP contribution in [0.25, 0.3) is 0 Å². The molecular weight excluding hydrogens is 212 g/mol. The summed E-state index contributed by atoms with van der Waals surface area (Å²) in [6, 6.07) is 8.52. The summed E-state index contributed by atoms with van der Waals surface area (Å²) in [5.74, 6) is 0.319. The highest BCUT2D eigenvalue weighted by molar-refractivity contribution is 5.75. The van der Waals surface area contributed by atoms with E-state index in [4.69, 9.17) is 5.73 Å². The molecule has 0 aromatic heterocycles. The van der Waals surface area contributed by atoms with Crippen LogP contribution in [0.5, 0.6) is 0 Å². The molecule has 2 N–H and O–H groups in total. The Morgan fingerprint density at radius 2 is 2.24 bits per heavy atom. The highest BCUT2D eigenvalue weighted by atomic mass is 16.1. The van der Waals surface area contributed by atoms with Gasteiger partial charge in [-0.05, 0) is 43.4 Å². The largest absolute Gasteiger partial charge is 0.369 e. The third-order valence-corrected chi connectivity index (χ3v) is 3.51. The van der Waals surface area contributed by atoms with Crippen LogP contribution in [-0.4, -0.2) is 30.4 Å². The van der Waals surface area contributed by atoms with Crippen LogP contribution in [0.3, 0.4) is 0 Å². The van der Waals surface area contributed by atoms with Crippen LogP contribution in [0.2, 0.25) is 0 Å². The Balaban J connectivity index is 2.07. The van der Waals surface area contributed by atoms with Crippen molar-refractivity contribution >= 4 is 5.91 Å². The topological polar surface area (TPSA) is 46.3 Å². The zero-order valence-electron chi connectivity index (χ0n) is 10.4. The Morgan fingerprint density at radius 1 is 1.47 bits per heavy atom. The number of amides is 1. The van der Waals surface area contributed by atoms with Crippen molar-refractivity contribution in [1.29, 1.82) is 0 Å². The predicted octanol–water partition coefficient (Wildman–Crippen LogP) is 1.66. The Hall–Kier alpha value is -1.35. The van der Waals surface area contributed by atoms with Gasteiger partial charge in [-0.1, -0.05) is 24.3 Å². The lowest BCUT2D eigenvalue weighted by molar-refractivity contribution is -0.119. The monoisotopic (exact) mass is 232 g/mol. The lowest BCUT2D eigenvalue weighted by Crippen LogP contribution is -2.40. The van der Waals surface area contributed by atoms with Crippen molar-refractivity contribution in [1.82, 2.24) is 4.90 Å². The van der Waals surface area contributed by atoms with E-state index >= 15 is 0 Å². The fourth-order valence-electron chi connectivity index (χ4n) is 2.72. The third-order valence-electron chi connectivity index (χ3n) is 3.51. The van der Waals surface area contributed by atoms with Gasteiger partial charge in [-0.3, -0.25) is 9.69 Å². The molecule has 1 atom stereocenters. The van der Waals surface area contributed by atoms with Gasteiger partial charge in [0, 0.05) is 6.54 Å². The predicted molar refractivity (Wildman–Crippen MR) is 68.8 cm³/mol. The van der Waals surface area contributed by atoms with E-state index in [1.807, 2.05) is 0 Å². The summed E-state index contributed by atoms with van der Waals surface area (Å²) in [5.41, 5.74) is 8.02. The molecule has 0 aliphatic carbocycles. The number of rotatable bonds is 3. The lowest BCUT2D eigenvalue weighted by atomic mass is 9.88. The SMILES string of the molecule is Cc1ccccc1C1CCCN(CC(N)=O)C1. The molecule has 1 aromatic carbocycles. The summed E-state index contributed by atoms with van der Waals surface area (Å²) in [5, 5.41) is 0. The van der Waals surface area contributed by atoms with Gasteiger partial charge >= 0.3 is 0 Å². The molecule has 1 heterocycles. The zero-order chi connectivity index (χ0) is 12.3. The molecule has 1 aliphatic rings. The first kappa shape index (κ1) is 12.1. The van der Waals surface area contributed by atoms with Gasteiger partial charge in [0.25, 0.3) is 0 Å². The number of aryl methyl sites for hydroxylation is 1. The first-order valence-corrected chi connectivity index (χ1v) is 6.23. The minimum absolute atomic E-state index is 0.226. The maximum atomic E-state index is 11.0. The van der Waals surface area contributed by atoms with Crippen molar-refractivity contribution in [3.63, 3.8) is 0 Å². The van der Waals surface area contributed by atoms with Gasteiger partial charge in [-0.2, -0.15) is 0 Å². The molecule has 1 aromatic rings. The molecule has 0 radical (unpaired) electrons. The standard InChI is InChI=1S/C14H20N2O/c1-11-5-2-3-7-13(11)12-6-4-8-16(9-12)10-14(15)17/h2-3,5,7,12H,4,6,8-10H2,1H3,(H2,15,17). The minimum Gasteiger partial charge on any atom is -0.369 e. The number of nitrogens with zero attached hydrogens (tertiary/aromatic N) is 1. The zero-order valence-corrected chi connectivity index (χ0v) is 10.4. The average molecular weight is 232 g/mol. The molecule has 1 unspecified atom stereocenters. The molecule has 2 rings (SSSR count). The van der Waals surface area contributed by atoms with E-state index in [1.54, 1.807) is 0 Å². The molecule has 1 fully saturated rings. The first-order chi connectivity index (χ1) is 8.16. The van der Waals surface area contributed by atoms with Gasteiger partial charge in [-0.25, -0.2) is 0 Å². The highest BCUT2D eigenvalue weighted by Gasteiger charge is 2.22. The van der Waals surface area contributed by atoms with E-state index in [0.29, 0.717) is 12.5 Å². The van der Waals surface area contributed by atoms with Crippen molar-refractivity contribution in [2.24, 2.45) is 5.73 Å². The van der Waals surface area contributed by atoms with Crippen molar-refractivity contribution in [2.45, 2.75) is 25.7 Å². The van der Waals surface area contributed by atoms with Crippen LogP contribution in [-0.2, 0) is 4.79 Å². The van der Waals surface area contributed by atoms with Gasteiger partial charge < -0.3 is 5.73 Å². The number of carbonyl (C=O) groups excluding carboxylic acids is 1. The summed E-state index contributed by atoms with van der Waals surface area (Å²) in [6.45, 7) is 4.49. The number of hydrogen-bond donors (Lipinski definition) is 1. The van der Waals surface area contributed by atoms with Crippen LogP contribution in [0.15, 0.2) is 24.3 Å². The summed E-state index contributed by atoms with van der Waals surface area (Å²) < 4.78 is 0. The van der Waals surface area contributed by atoms with E-state index in [0.717, 1.165) is 19.5 Å². The Morgan fingerprint density at radius 3 is 2.94 bits per heavy atom. The number of nitrogens with two attached hydrogens (primary N) is 1. The molecule has 3 heteroatoms. The molecule has 1 amide bonds. The van der Waals surface area contributed by atoms with Crippen LogP contribution < -0.4 is 5.73 Å². The Bertz CT molecular complexity index is 403. The van der Waals surface area contributed by atoms with Crippen LogP contribution >= 0.6 is 0 Å². The smallest absolute Gasteiger partial charge is 0.231 e. The number of likely N-dealkylation sites (tertiary alicyclic amines) is 1. The summed E-state index contributed by atoms with van der Waals surface area (Å²) >= 11 is 0. The van der Waals surface area contributed by atoms with Crippen molar-refractivity contribution in [2.75, 3.05) is 19.6 Å². The average Bonchev–Trinajstić information content (AvgIpc) is 2.29. The molecule has 0 spiro atoms. The van der Waals surface area contributed by atoms with Gasteiger partial charge in [0.1, 0.15) is 0 Å². The van der Waals surface area contributed by atoms with E-state index < -0.39 is 0 Å². The number of primary amides is 1. The second kappa shape index (κ2) is 5.32. The third kappa shape index (κ3) is 3.07. The number of hydrogen-bond acceptors (Lipinski definition) is 2. The van der Waals surface area contributed by atoms with Gasteiger partial charge in [0.2, 0.25) is 5.91 Å². The van der Waals surface area contributed by atoms with E-state index in [9.17, 15) is 4.79 Å². The molecular formula is C14H20N2O. The van der Waals surface area contributed by atoms with Gasteiger partial charge in [0.15, 0.2) is 0 Å². The Labute approximate surface area is 103 Å². The van der Waals surface area contributed by atoms with Gasteiger partial charge in [-0.15, -0.1) is 0 Å². The van der Waals surface area contributed by atoms with Crippen LogP contribution in [0, 0.1) is 6.92 Å². The van der Waals surface area contributed by atoms with Crippen LogP contribution in [0.1, 0.15) is 29.9 Å². The molecule has 92 valence electrons. The molecule has 1 saturated heterocycles. The molecule has 0 bridgehead atoms. The fraction of sp³-hybridized carbons (Fsp3) is 0.500.